The lowest BCUT2D eigenvalue weighted by Gasteiger charge is -2.20. The van der Waals surface area contributed by atoms with Crippen molar-refractivity contribution in [3.63, 3.8) is 0 Å². The fraction of sp³-hybridized carbons (Fsp3) is 0.333. The molecule has 0 aliphatic heterocycles. The second-order valence-electron chi connectivity index (χ2n) is 6.31. The minimum absolute atomic E-state index is 0.0721. The second-order valence-corrected chi connectivity index (χ2v) is 8.16. The first-order chi connectivity index (χ1) is 15.0. The van der Waals surface area contributed by atoms with Gasteiger partial charge in [0.15, 0.2) is 0 Å². The van der Waals surface area contributed by atoms with E-state index in [0.717, 1.165) is 36.1 Å². The van der Waals surface area contributed by atoms with Gasteiger partial charge in [0.1, 0.15) is 5.00 Å². The van der Waals surface area contributed by atoms with E-state index in [1.165, 1.54) is 11.3 Å². The van der Waals surface area contributed by atoms with Gasteiger partial charge in [-0.25, -0.2) is 4.79 Å². The average molecular weight is 461 g/mol. The Morgan fingerprint density at radius 3 is 2.55 bits per heavy atom. The molecule has 0 bridgehead atoms. The Hall–Kier alpha value is -2.85. The summed E-state index contributed by atoms with van der Waals surface area (Å²) in [7, 11) is 0. The highest BCUT2D eigenvalue weighted by Gasteiger charge is 2.17. The van der Waals surface area contributed by atoms with E-state index in [9.17, 15) is 9.59 Å². The molecule has 2 heterocycles. The van der Waals surface area contributed by atoms with Gasteiger partial charge in [0, 0.05) is 24.3 Å². The Morgan fingerprint density at radius 1 is 1.13 bits per heavy atom. The third-order valence-electron chi connectivity index (χ3n) is 4.39. The molecule has 1 aromatic carbocycles. The van der Waals surface area contributed by atoms with Crippen molar-refractivity contribution in [1.82, 2.24) is 10.2 Å². The summed E-state index contributed by atoms with van der Waals surface area (Å²) in [6.45, 7) is 8.11. The van der Waals surface area contributed by atoms with Crippen molar-refractivity contribution >= 4 is 45.7 Å². The van der Waals surface area contributed by atoms with Crippen LogP contribution >= 0.6 is 23.1 Å². The topological polar surface area (TPSA) is 97.6 Å². The molecule has 0 aliphatic rings. The standard InChI is InChI=1S/C21H24N4O4S2/c1-4-25(5-2)15-9-7-14(8-10-15)18-23-24-21(29-18)31-13-17(26)22-19-16(11-12-30-19)20(27)28-6-3/h7-12H,4-6,13H2,1-3H3,(H,22,26). The van der Waals surface area contributed by atoms with Crippen LogP contribution in [0.25, 0.3) is 11.5 Å². The minimum Gasteiger partial charge on any atom is -0.462 e. The van der Waals surface area contributed by atoms with Crippen LogP contribution in [-0.4, -0.2) is 47.5 Å². The maximum Gasteiger partial charge on any atom is 0.341 e. The monoisotopic (exact) mass is 460 g/mol. The number of nitrogens with one attached hydrogen (secondary N) is 1. The molecule has 0 radical (unpaired) electrons. The molecule has 3 rings (SSSR count). The van der Waals surface area contributed by atoms with Crippen molar-refractivity contribution in [1.29, 1.82) is 0 Å². The van der Waals surface area contributed by atoms with Crippen molar-refractivity contribution in [3.8, 4) is 11.5 Å². The Labute approximate surface area is 189 Å². The number of hydrogen-bond acceptors (Lipinski definition) is 9. The molecule has 0 aliphatic carbocycles. The highest BCUT2D eigenvalue weighted by atomic mass is 32.2. The number of carbonyl (C=O) groups is 2. The number of thioether (sulfide) groups is 1. The maximum atomic E-state index is 12.3. The molecule has 164 valence electrons. The number of carbonyl (C=O) groups excluding carboxylic acids is 2. The van der Waals surface area contributed by atoms with Crippen LogP contribution in [0.2, 0.25) is 0 Å². The zero-order chi connectivity index (χ0) is 22.2. The molecule has 0 unspecified atom stereocenters. The van der Waals surface area contributed by atoms with Gasteiger partial charge in [-0.2, -0.15) is 0 Å². The zero-order valence-corrected chi connectivity index (χ0v) is 19.2. The van der Waals surface area contributed by atoms with E-state index in [1.807, 2.05) is 24.3 Å². The molecule has 8 nitrogen and oxygen atoms in total. The predicted molar refractivity (Wildman–Crippen MR) is 123 cm³/mol. The van der Waals surface area contributed by atoms with Crippen molar-refractivity contribution in [2.45, 2.75) is 26.0 Å². The van der Waals surface area contributed by atoms with Gasteiger partial charge in [-0.05, 0) is 56.5 Å². The van der Waals surface area contributed by atoms with Crippen molar-refractivity contribution in [3.05, 3.63) is 41.3 Å². The van der Waals surface area contributed by atoms with Gasteiger partial charge in [0.05, 0.1) is 17.9 Å². The molecular formula is C21H24N4O4S2. The van der Waals surface area contributed by atoms with Crippen molar-refractivity contribution < 1.29 is 18.7 Å². The summed E-state index contributed by atoms with van der Waals surface area (Å²) >= 11 is 2.40. The van der Waals surface area contributed by atoms with E-state index in [0.29, 0.717) is 21.7 Å². The molecule has 0 saturated heterocycles. The first kappa shape index (κ1) is 22.8. The van der Waals surface area contributed by atoms with Crippen LogP contribution in [0.5, 0.6) is 0 Å². The SMILES string of the molecule is CCOC(=O)c1ccsc1NC(=O)CSc1nnc(-c2ccc(N(CC)CC)cc2)o1. The molecular weight excluding hydrogens is 436 g/mol. The number of thiophene rings is 1. The second kappa shape index (κ2) is 11.0. The summed E-state index contributed by atoms with van der Waals surface area (Å²) in [4.78, 5) is 26.4. The van der Waals surface area contributed by atoms with Crippen LogP contribution in [0, 0.1) is 0 Å². The summed E-state index contributed by atoms with van der Waals surface area (Å²) < 4.78 is 10.7. The number of hydrogen-bond donors (Lipinski definition) is 1. The fourth-order valence-electron chi connectivity index (χ4n) is 2.85. The third kappa shape index (κ3) is 5.86. The van der Waals surface area contributed by atoms with Crippen molar-refractivity contribution in [2.75, 3.05) is 35.7 Å². The number of amides is 1. The van der Waals surface area contributed by atoms with Crippen LogP contribution in [0.15, 0.2) is 45.4 Å². The van der Waals surface area contributed by atoms with Gasteiger partial charge in [0.2, 0.25) is 11.8 Å². The quantitative estimate of drug-likeness (QED) is 0.348. The number of benzene rings is 1. The van der Waals surface area contributed by atoms with E-state index < -0.39 is 5.97 Å². The predicted octanol–water partition coefficient (Wildman–Crippen LogP) is 4.55. The Bertz CT molecular complexity index is 1010. The Balaban J connectivity index is 1.56. The lowest BCUT2D eigenvalue weighted by atomic mass is 10.2. The lowest BCUT2D eigenvalue weighted by molar-refractivity contribution is -0.113. The van der Waals surface area contributed by atoms with Gasteiger partial charge in [-0.15, -0.1) is 21.5 Å². The molecule has 0 spiro atoms. The number of ether oxygens (including phenoxy) is 1. The summed E-state index contributed by atoms with van der Waals surface area (Å²) in [5.74, 6) is -0.263. The van der Waals surface area contributed by atoms with Crippen molar-refractivity contribution in [2.24, 2.45) is 0 Å². The molecule has 0 atom stereocenters. The highest BCUT2D eigenvalue weighted by Crippen LogP contribution is 2.27. The van der Waals surface area contributed by atoms with Crippen LogP contribution in [-0.2, 0) is 9.53 Å². The normalized spacial score (nSPS) is 10.7. The molecule has 1 N–H and O–H groups in total. The minimum atomic E-state index is -0.458. The zero-order valence-electron chi connectivity index (χ0n) is 17.6. The lowest BCUT2D eigenvalue weighted by Crippen LogP contribution is -2.21. The summed E-state index contributed by atoms with van der Waals surface area (Å²) in [5.41, 5.74) is 2.30. The molecule has 1 amide bonds. The summed E-state index contributed by atoms with van der Waals surface area (Å²) in [6.07, 6.45) is 0. The molecule has 0 fully saturated rings. The highest BCUT2D eigenvalue weighted by molar-refractivity contribution is 7.99. The van der Waals surface area contributed by atoms with Gasteiger partial charge >= 0.3 is 5.97 Å². The molecule has 3 aromatic rings. The van der Waals surface area contributed by atoms with Crippen LogP contribution in [0.4, 0.5) is 10.7 Å². The third-order valence-corrected chi connectivity index (χ3v) is 6.04. The Kier molecular flexibility index (Phi) is 8.07. The maximum absolute atomic E-state index is 12.3. The van der Waals surface area contributed by atoms with E-state index in [4.69, 9.17) is 9.15 Å². The molecule has 0 saturated carbocycles. The Morgan fingerprint density at radius 2 is 1.87 bits per heavy atom. The van der Waals surface area contributed by atoms with Crippen LogP contribution in [0.3, 0.4) is 0 Å². The molecule has 2 aromatic heterocycles. The van der Waals surface area contributed by atoms with E-state index in [1.54, 1.807) is 18.4 Å². The van der Waals surface area contributed by atoms with Crippen LogP contribution < -0.4 is 10.2 Å². The first-order valence-corrected chi connectivity index (χ1v) is 11.8. The van der Waals surface area contributed by atoms with Gasteiger partial charge in [0.25, 0.3) is 5.22 Å². The summed E-state index contributed by atoms with van der Waals surface area (Å²) in [6, 6.07) is 9.55. The van der Waals surface area contributed by atoms with E-state index in [2.05, 4.69) is 34.3 Å². The summed E-state index contributed by atoms with van der Waals surface area (Å²) in [5, 5.41) is 13.3. The first-order valence-electron chi connectivity index (χ1n) is 9.91. The van der Waals surface area contributed by atoms with E-state index in [-0.39, 0.29) is 18.3 Å². The van der Waals surface area contributed by atoms with E-state index >= 15 is 0 Å². The van der Waals surface area contributed by atoms with Crippen LogP contribution in [0.1, 0.15) is 31.1 Å². The number of esters is 1. The number of rotatable bonds is 10. The number of aromatic nitrogens is 2. The number of nitrogens with zero attached hydrogens (tertiary/aromatic N) is 3. The largest absolute Gasteiger partial charge is 0.462 e. The molecule has 10 heteroatoms. The fourth-order valence-corrected chi connectivity index (χ4v) is 4.21. The molecule has 31 heavy (non-hydrogen) atoms. The smallest absolute Gasteiger partial charge is 0.341 e. The average Bonchev–Trinajstić information content (AvgIpc) is 3.43. The van der Waals surface area contributed by atoms with Gasteiger partial charge < -0.3 is 19.4 Å². The van der Waals surface area contributed by atoms with Gasteiger partial charge in [-0.3, -0.25) is 4.79 Å². The van der Waals surface area contributed by atoms with Gasteiger partial charge in [-0.1, -0.05) is 11.8 Å². The number of anilines is 2.